The van der Waals surface area contributed by atoms with Gasteiger partial charge in [0, 0.05) is 83.6 Å². The third-order valence-corrected chi connectivity index (χ3v) is 6.23. The third kappa shape index (κ3) is 9.42. The second-order valence-electron chi connectivity index (χ2n) is 8.83. The van der Waals surface area contributed by atoms with E-state index >= 15 is 0 Å². The van der Waals surface area contributed by atoms with Crippen molar-refractivity contribution in [1.29, 1.82) is 0 Å². The number of phenols is 1. The van der Waals surface area contributed by atoms with E-state index in [0.29, 0.717) is 37.6 Å². The SMILES string of the molecule is CCc1cc(-c2ccccc2)c(O)cc1OCCCOc1cc(-c2ccccc2)ccc1CCC(=O)O.[Na].[Na]. The van der Waals surface area contributed by atoms with E-state index in [1.807, 2.05) is 84.9 Å². The van der Waals surface area contributed by atoms with E-state index in [9.17, 15) is 9.90 Å². The van der Waals surface area contributed by atoms with Crippen LogP contribution in [0.3, 0.4) is 0 Å². The molecule has 4 rings (SSSR count). The van der Waals surface area contributed by atoms with Crippen molar-refractivity contribution in [2.24, 2.45) is 0 Å². The number of carboxylic acids is 1. The van der Waals surface area contributed by atoms with Crippen LogP contribution in [0.15, 0.2) is 91.0 Å². The first-order valence-electron chi connectivity index (χ1n) is 12.6. The molecule has 7 heteroatoms. The smallest absolute Gasteiger partial charge is 0.303 e. The molecule has 5 nitrogen and oxygen atoms in total. The summed E-state index contributed by atoms with van der Waals surface area (Å²) >= 11 is 0. The third-order valence-electron chi connectivity index (χ3n) is 6.23. The molecule has 0 bridgehead atoms. The van der Waals surface area contributed by atoms with Gasteiger partial charge in [0.25, 0.3) is 0 Å². The Labute approximate surface area is 274 Å². The molecule has 0 saturated heterocycles. The molecule has 4 aromatic carbocycles. The van der Waals surface area contributed by atoms with E-state index in [1.54, 1.807) is 6.07 Å². The Bertz CT molecular complexity index is 1330. The molecular weight excluding hydrogens is 510 g/mol. The molecule has 0 unspecified atom stereocenters. The number of carboxylic acid groups (broad SMARTS) is 1. The van der Waals surface area contributed by atoms with E-state index in [0.717, 1.165) is 39.8 Å². The Morgan fingerprint density at radius 2 is 1.31 bits per heavy atom. The summed E-state index contributed by atoms with van der Waals surface area (Å²) in [5.74, 6) is 0.727. The van der Waals surface area contributed by atoms with Crippen LogP contribution in [0.5, 0.6) is 17.2 Å². The van der Waals surface area contributed by atoms with Crippen LogP contribution in [0.2, 0.25) is 0 Å². The predicted octanol–water partition coefficient (Wildman–Crippen LogP) is 6.39. The minimum atomic E-state index is -0.834. The Hall–Kier alpha value is -2.25. The van der Waals surface area contributed by atoms with Gasteiger partial charge in [-0.05, 0) is 52.8 Å². The molecule has 0 aromatic heterocycles. The van der Waals surface area contributed by atoms with Gasteiger partial charge in [-0.25, -0.2) is 0 Å². The zero-order valence-corrected chi connectivity index (χ0v) is 27.0. The van der Waals surface area contributed by atoms with Crippen molar-refractivity contribution in [3.8, 4) is 39.5 Å². The first-order valence-corrected chi connectivity index (χ1v) is 12.6. The Morgan fingerprint density at radius 3 is 1.90 bits per heavy atom. The number of rotatable bonds is 12. The molecule has 0 aliphatic rings. The number of carbonyl (C=O) groups is 1. The van der Waals surface area contributed by atoms with Crippen LogP contribution in [-0.4, -0.2) is 88.5 Å². The Morgan fingerprint density at radius 1 is 0.718 bits per heavy atom. The summed E-state index contributed by atoms with van der Waals surface area (Å²) in [6.07, 6.45) is 1.87. The summed E-state index contributed by atoms with van der Waals surface area (Å²) in [6, 6.07) is 29.4. The predicted molar refractivity (Wildman–Crippen MR) is 158 cm³/mol. The second-order valence-corrected chi connectivity index (χ2v) is 8.83. The maximum atomic E-state index is 11.1. The number of aromatic hydroxyl groups is 1. The molecule has 0 fully saturated rings. The molecule has 2 N–H and O–H groups in total. The van der Waals surface area contributed by atoms with Gasteiger partial charge in [-0.2, -0.15) is 0 Å². The summed E-state index contributed by atoms with van der Waals surface area (Å²) in [4.78, 5) is 11.1. The van der Waals surface area contributed by atoms with Gasteiger partial charge in [0.05, 0.1) is 13.2 Å². The molecule has 0 spiro atoms. The van der Waals surface area contributed by atoms with Crippen molar-refractivity contribution < 1.29 is 24.5 Å². The molecule has 0 amide bonds. The summed E-state index contributed by atoms with van der Waals surface area (Å²) in [5.41, 5.74) is 5.76. The molecular formula is C32H32Na2O5. The van der Waals surface area contributed by atoms with Crippen LogP contribution < -0.4 is 9.47 Å². The van der Waals surface area contributed by atoms with Gasteiger partial charge in [-0.1, -0.05) is 79.7 Å². The average molecular weight is 543 g/mol. The van der Waals surface area contributed by atoms with Crippen molar-refractivity contribution in [1.82, 2.24) is 0 Å². The Balaban J connectivity index is 0.00000267. The molecule has 4 aromatic rings. The first kappa shape index (κ1) is 33.0. The minimum absolute atomic E-state index is 0. The molecule has 0 aliphatic carbocycles. The first-order chi connectivity index (χ1) is 18.0. The Kier molecular flexibility index (Phi) is 14.2. The number of hydrogen-bond acceptors (Lipinski definition) is 4. The number of aliphatic carboxylic acids is 1. The van der Waals surface area contributed by atoms with Gasteiger partial charge in [-0.15, -0.1) is 0 Å². The van der Waals surface area contributed by atoms with Crippen molar-refractivity contribution in [3.63, 3.8) is 0 Å². The van der Waals surface area contributed by atoms with Crippen LogP contribution in [0.1, 0.15) is 30.9 Å². The van der Waals surface area contributed by atoms with Crippen LogP contribution in [0.4, 0.5) is 0 Å². The number of benzene rings is 4. The topological polar surface area (TPSA) is 76.0 Å². The summed E-state index contributed by atoms with van der Waals surface area (Å²) in [7, 11) is 0. The molecule has 0 saturated carbocycles. The van der Waals surface area contributed by atoms with E-state index in [2.05, 4.69) is 6.92 Å². The zero-order valence-electron chi connectivity index (χ0n) is 23.0. The van der Waals surface area contributed by atoms with Gasteiger partial charge in [0.2, 0.25) is 0 Å². The standard InChI is InChI=1S/C32H32O5.2Na/c1-2-23-20-28(25-12-7-4-8-13-25)29(33)22-31(23)37-19-9-18-36-30-21-27(24-10-5-3-6-11-24)15-14-26(30)16-17-32(34)35;;/h3-8,10-15,20-22,33H,2,9,16-19H2,1H3,(H,34,35);;. The second kappa shape index (κ2) is 16.8. The zero-order chi connectivity index (χ0) is 26.0. The van der Waals surface area contributed by atoms with Gasteiger partial charge >= 0.3 is 5.97 Å². The van der Waals surface area contributed by atoms with Gasteiger partial charge in [0.1, 0.15) is 17.2 Å². The quantitative estimate of drug-likeness (QED) is 0.160. The summed E-state index contributed by atoms with van der Waals surface area (Å²) in [5, 5.41) is 19.7. The maximum Gasteiger partial charge on any atom is 0.303 e. The van der Waals surface area contributed by atoms with Gasteiger partial charge in [-0.3, -0.25) is 4.79 Å². The molecule has 0 atom stereocenters. The van der Waals surface area contributed by atoms with Crippen LogP contribution >= 0.6 is 0 Å². The number of phenolic OH excluding ortho intramolecular Hbond substituents is 1. The number of ether oxygens (including phenoxy) is 2. The monoisotopic (exact) mass is 542 g/mol. The van der Waals surface area contributed by atoms with Crippen LogP contribution in [0.25, 0.3) is 22.3 Å². The van der Waals surface area contributed by atoms with E-state index in [-0.39, 0.29) is 71.3 Å². The van der Waals surface area contributed by atoms with Gasteiger partial charge in [0.15, 0.2) is 0 Å². The van der Waals surface area contributed by atoms with E-state index in [4.69, 9.17) is 14.6 Å². The van der Waals surface area contributed by atoms with Gasteiger partial charge < -0.3 is 19.7 Å². The van der Waals surface area contributed by atoms with Crippen LogP contribution in [0, 0.1) is 0 Å². The fraction of sp³-hybridized carbons (Fsp3) is 0.219. The molecule has 0 heterocycles. The fourth-order valence-electron chi connectivity index (χ4n) is 4.24. The average Bonchev–Trinajstić information content (AvgIpc) is 2.93. The van der Waals surface area contributed by atoms with E-state index in [1.165, 1.54) is 0 Å². The number of hydrogen-bond donors (Lipinski definition) is 2. The number of aryl methyl sites for hydroxylation is 2. The summed E-state index contributed by atoms with van der Waals surface area (Å²) < 4.78 is 12.1. The minimum Gasteiger partial charge on any atom is -0.507 e. The fourth-order valence-corrected chi connectivity index (χ4v) is 4.24. The van der Waals surface area contributed by atoms with E-state index < -0.39 is 5.97 Å². The van der Waals surface area contributed by atoms with Crippen molar-refractivity contribution >= 4 is 65.1 Å². The van der Waals surface area contributed by atoms with Crippen molar-refractivity contribution in [2.45, 2.75) is 32.6 Å². The van der Waals surface area contributed by atoms with Crippen LogP contribution in [-0.2, 0) is 17.6 Å². The molecule has 2 radical (unpaired) electrons. The van der Waals surface area contributed by atoms with Crippen molar-refractivity contribution in [2.75, 3.05) is 13.2 Å². The largest absolute Gasteiger partial charge is 0.507 e. The summed E-state index contributed by atoms with van der Waals surface area (Å²) in [6.45, 7) is 2.92. The normalized spacial score (nSPS) is 10.2. The van der Waals surface area contributed by atoms with Crippen molar-refractivity contribution in [3.05, 3.63) is 102 Å². The molecule has 192 valence electrons. The molecule has 0 aliphatic heterocycles. The maximum absolute atomic E-state index is 11.1. The molecule has 39 heavy (non-hydrogen) atoms.